The number of aryl methyl sites for hydroxylation is 1. The Morgan fingerprint density at radius 1 is 1.06 bits per heavy atom. The second-order valence-corrected chi connectivity index (χ2v) is 10.5. The number of nitrogens with zero attached hydrogens (tertiary/aromatic N) is 2. The van der Waals surface area contributed by atoms with E-state index in [9.17, 15) is 13.2 Å². The van der Waals surface area contributed by atoms with Gasteiger partial charge in [0.25, 0.3) is 10.0 Å². The van der Waals surface area contributed by atoms with Crippen LogP contribution in [0.25, 0.3) is 0 Å². The molecule has 0 radical (unpaired) electrons. The Morgan fingerprint density at radius 2 is 1.75 bits per heavy atom. The van der Waals surface area contributed by atoms with Crippen LogP contribution in [-0.2, 0) is 14.8 Å². The maximum absolute atomic E-state index is 13.4. The van der Waals surface area contributed by atoms with Gasteiger partial charge in [-0.15, -0.1) is 0 Å². The van der Waals surface area contributed by atoms with Gasteiger partial charge < -0.3 is 10.2 Å². The summed E-state index contributed by atoms with van der Waals surface area (Å²) >= 11 is 6.07. The van der Waals surface area contributed by atoms with Gasteiger partial charge in [0, 0.05) is 11.6 Å². The van der Waals surface area contributed by atoms with E-state index in [2.05, 4.69) is 10.2 Å². The number of anilines is 1. The molecule has 3 rings (SSSR count). The van der Waals surface area contributed by atoms with Crippen LogP contribution in [0.5, 0.6) is 0 Å². The fourth-order valence-electron chi connectivity index (χ4n) is 3.99. The summed E-state index contributed by atoms with van der Waals surface area (Å²) in [6, 6.07) is 13.1. The second-order valence-electron chi connectivity index (χ2n) is 8.21. The third kappa shape index (κ3) is 6.70. The largest absolute Gasteiger partial charge is 0.354 e. The molecule has 0 atom stereocenters. The first-order valence-corrected chi connectivity index (χ1v) is 13.0. The van der Waals surface area contributed by atoms with E-state index in [4.69, 9.17) is 11.6 Å². The zero-order chi connectivity index (χ0) is 23.0. The molecular formula is C24H32ClN3O3S. The minimum Gasteiger partial charge on any atom is -0.354 e. The molecule has 0 aromatic heterocycles. The van der Waals surface area contributed by atoms with Crippen LogP contribution in [-0.4, -0.2) is 51.9 Å². The average molecular weight is 478 g/mol. The highest BCUT2D eigenvalue weighted by molar-refractivity contribution is 7.92. The molecule has 8 heteroatoms. The van der Waals surface area contributed by atoms with Gasteiger partial charge >= 0.3 is 0 Å². The molecule has 0 aliphatic carbocycles. The van der Waals surface area contributed by atoms with E-state index >= 15 is 0 Å². The standard InChI is InChI=1S/C24H32ClN3O3S/c1-20-18-21(25)12-13-23(20)28(32(30,31)22-10-5-4-6-11-22)19-24(29)26-14-9-17-27-15-7-2-3-8-16-27/h4-6,10-13,18H,2-3,7-9,14-17,19H2,1H3,(H,26,29). The first-order chi connectivity index (χ1) is 15.4. The molecule has 1 aliphatic rings. The number of sulfonamides is 1. The quantitative estimate of drug-likeness (QED) is 0.549. The third-order valence-corrected chi connectivity index (χ3v) is 7.73. The Hall–Kier alpha value is -2.09. The van der Waals surface area contributed by atoms with Gasteiger partial charge in [0.15, 0.2) is 0 Å². The summed E-state index contributed by atoms with van der Waals surface area (Å²) < 4.78 is 27.9. The number of carbonyl (C=O) groups excluding carboxylic acids is 1. The summed E-state index contributed by atoms with van der Waals surface area (Å²) in [4.78, 5) is 15.3. The van der Waals surface area contributed by atoms with Gasteiger partial charge in [0.2, 0.25) is 5.91 Å². The highest BCUT2D eigenvalue weighted by Gasteiger charge is 2.28. The van der Waals surface area contributed by atoms with Crippen molar-refractivity contribution < 1.29 is 13.2 Å². The Morgan fingerprint density at radius 3 is 2.41 bits per heavy atom. The molecule has 2 aromatic rings. The zero-order valence-electron chi connectivity index (χ0n) is 18.6. The summed E-state index contributed by atoms with van der Waals surface area (Å²) in [5.41, 5.74) is 1.13. The fraction of sp³-hybridized carbons (Fsp3) is 0.458. The molecule has 1 saturated heterocycles. The molecule has 0 unspecified atom stereocenters. The lowest BCUT2D eigenvalue weighted by molar-refractivity contribution is -0.119. The lowest BCUT2D eigenvalue weighted by Gasteiger charge is -2.26. The van der Waals surface area contributed by atoms with Gasteiger partial charge in [0.05, 0.1) is 10.6 Å². The van der Waals surface area contributed by atoms with E-state index < -0.39 is 10.0 Å². The van der Waals surface area contributed by atoms with E-state index in [1.165, 1.54) is 37.8 Å². The van der Waals surface area contributed by atoms with Crippen molar-refractivity contribution in [2.45, 2.75) is 43.9 Å². The lowest BCUT2D eigenvalue weighted by atomic mass is 10.2. The molecule has 1 fully saturated rings. The Bertz CT molecular complexity index is 991. The van der Waals surface area contributed by atoms with Crippen LogP contribution in [0.4, 0.5) is 5.69 Å². The van der Waals surface area contributed by atoms with Crippen LogP contribution in [0.3, 0.4) is 0 Å². The average Bonchev–Trinajstić information content (AvgIpc) is 3.05. The van der Waals surface area contributed by atoms with Crippen molar-refractivity contribution >= 4 is 33.2 Å². The van der Waals surface area contributed by atoms with Crippen molar-refractivity contribution in [1.82, 2.24) is 10.2 Å². The third-order valence-electron chi connectivity index (χ3n) is 5.72. The number of carbonyl (C=O) groups is 1. The van der Waals surface area contributed by atoms with Gasteiger partial charge in [0.1, 0.15) is 6.54 Å². The van der Waals surface area contributed by atoms with Crippen molar-refractivity contribution in [3.05, 3.63) is 59.1 Å². The fourth-order valence-corrected chi connectivity index (χ4v) is 5.73. The molecule has 2 aromatic carbocycles. The van der Waals surface area contributed by atoms with Crippen LogP contribution >= 0.6 is 11.6 Å². The van der Waals surface area contributed by atoms with Gasteiger partial charge in [-0.1, -0.05) is 42.6 Å². The van der Waals surface area contributed by atoms with Crippen molar-refractivity contribution in [1.29, 1.82) is 0 Å². The van der Waals surface area contributed by atoms with Gasteiger partial charge in [-0.3, -0.25) is 9.10 Å². The molecule has 1 amide bonds. The van der Waals surface area contributed by atoms with Crippen molar-refractivity contribution in [3.8, 4) is 0 Å². The first kappa shape index (κ1) is 24.6. The smallest absolute Gasteiger partial charge is 0.264 e. The maximum atomic E-state index is 13.4. The molecule has 1 aliphatic heterocycles. The van der Waals surface area contributed by atoms with E-state index in [1.807, 2.05) is 0 Å². The van der Waals surface area contributed by atoms with E-state index in [1.54, 1.807) is 43.3 Å². The topological polar surface area (TPSA) is 69.7 Å². The van der Waals surface area contributed by atoms with E-state index in [0.29, 0.717) is 22.8 Å². The molecular weight excluding hydrogens is 446 g/mol. The van der Waals surface area contributed by atoms with Crippen LogP contribution in [0.1, 0.15) is 37.7 Å². The second kappa shape index (κ2) is 11.7. The normalized spacial score (nSPS) is 15.2. The van der Waals surface area contributed by atoms with Crippen molar-refractivity contribution in [2.24, 2.45) is 0 Å². The highest BCUT2D eigenvalue weighted by Crippen LogP contribution is 2.28. The van der Waals surface area contributed by atoms with Gasteiger partial charge in [-0.05, 0) is 81.7 Å². The number of hydrogen-bond acceptors (Lipinski definition) is 4. The summed E-state index contributed by atoms with van der Waals surface area (Å²) in [6.45, 7) is 5.20. The molecule has 0 spiro atoms. The number of benzene rings is 2. The summed E-state index contributed by atoms with van der Waals surface area (Å²) in [6.07, 6.45) is 5.90. The molecule has 0 saturated carbocycles. The minimum atomic E-state index is -3.92. The summed E-state index contributed by atoms with van der Waals surface area (Å²) in [5.74, 6) is -0.324. The number of likely N-dealkylation sites (tertiary alicyclic amines) is 1. The molecule has 6 nitrogen and oxygen atoms in total. The predicted octanol–water partition coefficient (Wildman–Crippen LogP) is 4.23. The van der Waals surface area contributed by atoms with Crippen LogP contribution in [0.2, 0.25) is 5.02 Å². The molecule has 32 heavy (non-hydrogen) atoms. The van der Waals surface area contributed by atoms with E-state index in [0.717, 1.165) is 30.4 Å². The minimum absolute atomic E-state index is 0.142. The highest BCUT2D eigenvalue weighted by atomic mass is 35.5. The van der Waals surface area contributed by atoms with Gasteiger partial charge in [-0.2, -0.15) is 0 Å². The van der Waals surface area contributed by atoms with E-state index in [-0.39, 0.29) is 17.3 Å². The summed E-state index contributed by atoms with van der Waals surface area (Å²) in [5, 5.41) is 3.41. The van der Waals surface area contributed by atoms with Crippen molar-refractivity contribution in [3.63, 3.8) is 0 Å². The van der Waals surface area contributed by atoms with Gasteiger partial charge in [-0.25, -0.2) is 8.42 Å². The number of hydrogen-bond donors (Lipinski definition) is 1. The number of nitrogens with one attached hydrogen (secondary N) is 1. The molecule has 1 heterocycles. The number of amides is 1. The van der Waals surface area contributed by atoms with Crippen LogP contribution < -0.4 is 9.62 Å². The molecule has 174 valence electrons. The molecule has 1 N–H and O–H groups in total. The van der Waals surface area contributed by atoms with Crippen LogP contribution in [0, 0.1) is 6.92 Å². The number of rotatable bonds is 9. The number of halogens is 1. The SMILES string of the molecule is Cc1cc(Cl)ccc1N(CC(=O)NCCCN1CCCCCC1)S(=O)(=O)c1ccccc1. The molecule has 0 bridgehead atoms. The Kier molecular flexibility index (Phi) is 8.96. The lowest BCUT2D eigenvalue weighted by Crippen LogP contribution is -2.42. The van der Waals surface area contributed by atoms with Crippen LogP contribution in [0.15, 0.2) is 53.4 Å². The monoisotopic (exact) mass is 477 g/mol. The first-order valence-electron chi connectivity index (χ1n) is 11.2. The van der Waals surface area contributed by atoms with Crippen molar-refractivity contribution in [2.75, 3.05) is 37.0 Å². The summed E-state index contributed by atoms with van der Waals surface area (Å²) in [7, 11) is -3.92. The zero-order valence-corrected chi connectivity index (χ0v) is 20.2. The maximum Gasteiger partial charge on any atom is 0.264 e. The Labute approximate surface area is 196 Å². The predicted molar refractivity (Wildman–Crippen MR) is 130 cm³/mol. The Balaban J connectivity index is 1.68.